The summed E-state index contributed by atoms with van der Waals surface area (Å²) < 4.78 is 1.56. The molecule has 0 spiro atoms. The first-order valence-corrected chi connectivity index (χ1v) is 10.7. The van der Waals surface area contributed by atoms with Crippen molar-refractivity contribution in [1.29, 1.82) is 0 Å². The molecule has 7 heteroatoms. The van der Waals surface area contributed by atoms with E-state index in [1.807, 2.05) is 25.1 Å². The molecular formula is C24H26N4O3. The number of rotatable bonds is 4. The molecule has 0 aliphatic carbocycles. The van der Waals surface area contributed by atoms with Crippen molar-refractivity contribution in [3.8, 4) is 5.69 Å². The number of carbonyl (C=O) groups excluding carboxylic acids is 2. The van der Waals surface area contributed by atoms with Crippen molar-refractivity contribution < 1.29 is 9.59 Å². The van der Waals surface area contributed by atoms with Crippen LogP contribution >= 0.6 is 0 Å². The molecule has 1 fully saturated rings. The van der Waals surface area contributed by atoms with E-state index in [0.717, 1.165) is 12.8 Å². The number of hydrogen-bond acceptors (Lipinski definition) is 4. The Bertz CT molecular complexity index is 1180. The fourth-order valence-electron chi connectivity index (χ4n) is 4.09. The van der Waals surface area contributed by atoms with Crippen LogP contribution in [-0.2, 0) is 4.79 Å². The Morgan fingerprint density at radius 3 is 2.61 bits per heavy atom. The van der Waals surface area contributed by atoms with Crippen LogP contribution in [0.15, 0.2) is 53.3 Å². The third kappa shape index (κ3) is 4.21. The van der Waals surface area contributed by atoms with Gasteiger partial charge in [0.25, 0.3) is 11.5 Å². The molecule has 0 radical (unpaired) electrons. The summed E-state index contributed by atoms with van der Waals surface area (Å²) in [6, 6.07) is 14.3. The number of likely N-dealkylation sites (tertiary alicyclic amines) is 1. The third-order valence-electron chi connectivity index (χ3n) is 5.71. The maximum Gasteiger partial charge on any atom is 0.265 e. The van der Waals surface area contributed by atoms with E-state index >= 15 is 0 Å². The first kappa shape index (κ1) is 20.8. The van der Waals surface area contributed by atoms with E-state index in [0.29, 0.717) is 47.5 Å². The lowest BCUT2D eigenvalue weighted by Crippen LogP contribution is -2.49. The number of amides is 2. The number of para-hydroxylation sites is 1. The van der Waals surface area contributed by atoms with Crippen molar-refractivity contribution in [2.45, 2.75) is 39.2 Å². The SMILES string of the molecule is CCC(=O)NC1CCCN(C(=O)c2ccc(-n3c(C)nc4ccccc4c3=O)cc2)C1. The molecule has 4 rings (SSSR count). The molecule has 1 aliphatic heterocycles. The van der Waals surface area contributed by atoms with Gasteiger partial charge in [0.15, 0.2) is 0 Å². The molecule has 1 aliphatic rings. The van der Waals surface area contributed by atoms with Gasteiger partial charge in [0, 0.05) is 31.1 Å². The Labute approximate surface area is 180 Å². The number of carbonyl (C=O) groups is 2. The van der Waals surface area contributed by atoms with Gasteiger partial charge >= 0.3 is 0 Å². The molecule has 1 atom stereocenters. The fourth-order valence-corrected chi connectivity index (χ4v) is 4.09. The first-order valence-electron chi connectivity index (χ1n) is 10.7. The number of aryl methyl sites for hydroxylation is 1. The van der Waals surface area contributed by atoms with Gasteiger partial charge in [-0.15, -0.1) is 0 Å². The molecule has 1 unspecified atom stereocenters. The van der Waals surface area contributed by atoms with Crippen LogP contribution in [-0.4, -0.2) is 45.4 Å². The zero-order chi connectivity index (χ0) is 22.0. The number of fused-ring (bicyclic) bond motifs is 1. The van der Waals surface area contributed by atoms with Gasteiger partial charge in [-0.1, -0.05) is 19.1 Å². The standard InChI is InChI=1S/C24H26N4O3/c1-3-22(29)26-18-7-6-14-27(15-18)23(30)17-10-12-19(13-11-17)28-16(2)25-21-9-5-4-8-20(21)24(28)31/h4-5,8-13,18H,3,6-7,14-15H2,1-2H3,(H,26,29). The first-order chi connectivity index (χ1) is 15.0. The van der Waals surface area contributed by atoms with Gasteiger partial charge in [-0.3, -0.25) is 19.0 Å². The molecule has 2 aromatic carbocycles. The summed E-state index contributed by atoms with van der Waals surface area (Å²) in [5.74, 6) is 0.532. The Kier molecular flexibility index (Phi) is 5.84. The average molecular weight is 418 g/mol. The van der Waals surface area contributed by atoms with Crippen LogP contribution in [0.1, 0.15) is 42.4 Å². The number of benzene rings is 2. The summed E-state index contributed by atoms with van der Waals surface area (Å²) >= 11 is 0. The second-order valence-electron chi connectivity index (χ2n) is 7.87. The molecule has 7 nitrogen and oxygen atoms in total. The van der Waals surface area contributed by atoms with Gasteiger partial charge in [0.2, 0.25) is 5.91 Å². The van der Waals surface area contributed by atoms with Crippen molar-refractivity contribution in [3.05, 3.63) is 70.3 Å². The van der Waals surface area contributed by atoms with Gasteiger partial charge in [-0.05, 0) is 56.2 Å². The highest BCUT2D eigenvalue weighted by molar-refractivity contribution is 5.94. The van der Waals surface area contributed by atoms with Gasteiger partial charge in [0.05, 0.1) is 16.6 Å². The largest absolute Gasteiger partial charge is 0.352 e. The van der Waals surface area contributed by atoms with Crippen molar-refractivity contribution in [2.75, 3.05) is 13.1 Å². The van der Waals surface area contributed by atoms with E-state index in [-0.39, 0.29) is 23.4 Å². The zero-order valence-corrected chi connectivity index (χ0v) is 17.8. The average Bonchev–Trinajstić information content (AvgIpc) is 2.79. The minimum absolute atomic E-state index is 0.00526. The molecule has 0 saturated carbocycles. The summed E-state index contributed by atoms with van der Waals surface area (Å²) in [5, 5.41) is 3.54. The molecule has 1 N–H and O–H groups in total. The van der Waals surface area contributed by atoms with Crippen molar-refractivity contribution in [2.24, 2.45) is 0 Å². The van der Waals surface area contributed by atoms with Crippen LogP contribution < -0.4 is 10.9 Å². The summed E-state index contributed by atoms with van der Waals surface area (Å²) in [6.45, 7) is 4.80. The van der Waals surface area contributed by atoms with Crippen molar-refractivity contribution in [3.63, 3.8) is 0 Å². The van der Waals surface area contributed by atoms with E-state index in [1.165, 1.54) is 0 Å². The Hall–Kier alpha value is -3.48. The number of nitrogens with one attached hydrogen (secondary N) is 1. The highest BCUT2D eigenvalue weighted by Crippen LogP contribution is 2.17. The fraction of sp³-hybridized carbons (Fsp3) is 0.333. The second-order valence-corrected chi connectivity index (χ2v) is 7.87. The van der Waals surface area contributed by atoms with Crippen molar-refractivity contribution >= 4 is 22.7 Å². The van der Waals surface area contributed by atoms with Gasteiger partial charge in [0.1, 0.15) is 5.82 Å². The van der Waals surface area contributed by atoms with Crippen LogP contribution in [0.25, 0.3) is 16.6 Å². The normalized spacial score (nSPS) is 16.3. The maximum absolute atomic E-state index is 13.0. The lowest BCUT2D eigenvalue weighted by atomic mass is 10.0. The van der Waals surface area contributed by atoms with Crippen LogP contribution in [0, 0.1) is 6.92 Å². The van der Waals surface area contributed by atoms with Crippen molar-refractivity contribution in [1.82, 2.24) is 19.8 Å². The molecule has 1 saturated heterocycles. The highest BCUT2D eigenvalue weighted by atomic mass is 16.2. The van der Waals surface area contributed by atoms with E-state index in [9.17, 15) is 14.4 Å². The molecule has 0 bridgehead atoms. The van der Waals surface area contributed by atoms with Crippen LogP contribution in [0.5, 0.6) is 0 Å². The third-order valence-corrected chi connectivity index (χ3v) is 5.71. The highest BCUT2D eigenvalue weighted by Gasteiger charge is 2.25. The van der Waals surface area contributed by atoms with Crippen LogP contribution in [0.4, 0.5) is 0 Å². The predicted octanol–water partition coefficient (Wildman–Crippen LogP) is 2.82. The minimum Gasteiger partial charge on any atom is -0.352 e. The van der Waals surface area contributed by atoms with E-state index in [1.54, 1.807) is 46.7 Å². The second kappa shape index (κ2) is 8.71. The number of hydrogen-bond donors (Lipinski definition) is 1. The predicted molar refractivity (Wildman–Crippen MR) is 119 cm³/mol. The molecular weight excluding hydrogens is 392 g/mol. The molecule has 160 valence electrons. The molecule has 1 aromatic heterocycles. The Balaban J connectivity index is 1.56. The monoisotopic (exact) mass is 418 g/mol. The van der Waals surface area contributed by atoms with E-state index in [2.05, 4.69) is 10.3 Å². The molecule has 3 aromatic rings. The zero-order valence-electron chi connectivity index (χ0n) is 17.8. The van der Waals surface area contributed by atoms with Gasteiger partial charge in [-0.2, -0.15) is 0 Å². The lowest BCUT2D eigenvalue weighted by Gasteiger charge is -2.33. The summed E-state index contributed by atoms with van der Waals surface area (Å²) in [6.07, 6.45) is 2.18. The summed E-state index contributed by atoms with van der Waals surface area (Å²) in [5.41, 5.74) is 1.77. The number of nitrogens with zero attached hydrogens (tertiary/aromatic N) is 3. The van der Waals surface area contributed by atoms with Crippen LogP contribution in [0.3, 0.4) is 0 Å². The summed E-state index contributed by atoms with van der Waals surface area (Å²) in [4.78, 5) is 44.0. The number of aromatic nitrogens is 2. The smallest absolute Gasteiger partial charge is 0.265 e. The summed E-state index contributed by atoms with van der Waals surface area (Å²) in [7, 11) is 0. The quantitative estimate of drug-likeness (QED) is 0.706. The van der Waals surface area contributed by atoms with Gasteiger partial charge in [-0.25, -0.2) is 4.98 Å². The van der Waals surface area contributed by atoms with E-state index < -0.39 is 0 Å². The molecule has 2 amide bonds. The lowest BCUT2D eigenvalue weighted by molar-refractivity contribution is -0.121. The van der Waals surface area contributed by atoms with Gasteiger partial charge < -0.3 is 10.2 Å². The van der Waals surface area contributed by atoms with E-state index in [4.69, 9.17) is 0 Å². The molecule has 2 heterocycles. The Morgan fingerprint density at radius 2 is 1.87 bits per heavy atom. The number of piperidine rings is 1. The molecule has 31 heavy (non-hydrogen) atoms. The minimum atomic E-state index is -0.132. The topological polar surface area (TPSA) is 84.3 Å². The van der Waals surface area contributed by atoms with Crippen LogP contribution in [0.2, 0.25) is 0 Å². The Morgan fingerprint density at radius 1 is 1.13 bits per heavy atom. The maximum atomic E-state index is 13.0.